The third kappa shape index (κ3) is 5.47. The summed E-state index contributed by atoms with van der Waals surface area (Å²) in [5.41, 5.74) is 0.973. The Balaban J connectivity index is 2.11. The van der Waals surface area contributed by atoms with Crippen molar-refractivity contribution >= 4 is 0 Å². The molecular formula is C11H18N2O2. The van der Waals surface area contributed by atoms with Crippen molar-refractivity contribution in [2.24, 2.45) is 0 Å². The molecule has 0 saturated heterocycles. The fraction of sp³-hybridized carbons (Fsp3) is 0.545. The van der Waals surface area contributed by atoms with Gasteiger partial charge in [-0.3, -0.25) is 4.98 Å². The number of pyridine rings is 1. The van der Waals surface area contributed by atoms with Gasteiger partial charge in [-0.25, -0.2) is 0 Å². The van der Waals surface area contributed by atoms with Gasteiger partial charge >= 0.3 is 0 Å². The second-order valence-electron chi connectivity index (χ2n) is 3.27. The van der Waals surface area contributed by atoms with E-state index in [4.69, 9.17) is 4.74 Å². The van der Waals surface area contributed by atoms with Gasteiger partial charge in [0.1, 0.15) is 0 Å². The molecule has 15 heavy (non-hydrogen) atoms. The molecule has 1 unspecified atom stereocenters. The lowest BCUT2D eigenvalue weighted by Crippen LogP contribution is -2.30. The summed E-state index contributed by atoms with van der Waals surface area (Å²) in [6, 6.07) is 5.77. The van der Waals surface area contributed by atoms with E-state index in [1.165, 1.54) is 0 Å². The van der Waals surface area contributed by atoms with E-state index >= 15 is 0 Å². The second kappa shape index (κ2) is 7.34. The molecule has 0 aliphatic carbocycles. The maximum atomic E-state index is 9.45. The highest BCUT2D eigenvalue weighted by molar-refractivity contribution is 5.02. The van der Waals surface area contributed by atoms with Crippen molar-refractivity contribution in [2.75, 3.05) is 19.8 Å². The first-order valence-electron chi connectivity index (χ1n) is 5.19. The molecule has 4 nitrogen and oxygen atoms in total. The van der Waals surface area contributed by atoms with Gasteiger partial charge in [-0.2, -0.15) is 0 Å². The van der Waals surface area contributed by atoms with Gasteiger partial charge < -0.3 is 15.2 Å². The molecule has 0 aliphatic rings. The van der Waals surface area contributed by atoms with Crippen molar-refractivity contribution in [1.82, 2.24) is 10.3 Å². The van der Waals surface area contributed by atoms with Gasteiger partial charge in [0.2, 0.25) is 0 Å². The van der Waals surface area contributed by atoms with Crippen LogP contribution in [0.5, 0.6) is 0 Å². The molecule has 1 atom stereocenters. The van der Waals surface area contributed by atoms with Crippen LogP contribution < -0.4 is 5.32 Å². The Kier molecular flexibility index (Phi) is 5.92. The molecule has 0 bridgehead atoms. The quantitative estimate of drug-likeness (QED) is 0.691. The Morgan fingerprint density at radius 2 is 2.40 bits per heavy atom. The van der Waals surface area contributed by atoms with Crippen molar-refractivity contribution in [1.29, 1.82) is 0 Å². The minimum Gasteiger partial charge on any atom is -0.389 e. The van der Waals surface area contributed by atoms with Gasteiger partial charge in [-0.15, -0.1) is 0 Å². The molecule has 0 spiro atoms. The number of aromatic nitrogens is 1. The third-order valence-corrected chi connectivity index (χ3v) is 1.93. The monoisotopic (exact) mass is 210 g/mol. The Hall–Kier alpha value is -0.970. The number of aliphatic hydroxyl groups is 1. The fourth-order valence-electron chi connectivity index (χ4n) is 1.18. The van der Waals surface area contributed by atoms with Crippen LogP contribution >= 0.6 is 0 Å². The summed E-state index contributed by atoms with van der Waals surface area (Å²) in [6.45, 7) is 4.12. The summed E-state index contributed by atoms with van der Waals surface area (Å²) in [5, 5.41) is 12.6. The Bertz CT molecular complexity index is 254. The lowest BCUT2D eigenvalue weighted by atomic mass is 10.3. The first-order chi connectivity index (χ1) is 7.33. The van der Waals surface area contributed by atoms with E-state index in [1.54, 1.807) is 6.20 Å². The van der Waals surface area contributed by atoms with Crippen LogP contribution in [0.2, 0.25) is 0 Å². The van der Waals surface area contributed by atoms with E-state index in [2.05, 4.69) is 10.3 Å². The SMILES string of the molecule is CCOCC(O)CNCc1ccccn1. The number of hydrogen-bond donors (Lipinski definition) is 2. The van der Waals surface area contributed by atoms with Gasteiger partial charge in [0.25, 0.3) is 0 Å². The third-order valence-electron chi connectivity index (χ3n) is 1.93. The lowest BCUT2D eigenvalue weighted by molar-refractivity contribution is 0.0427. The van der Waals surface area contributed by atoms with Gasteiger partial charge in [-0.05, 0) is 19.1 Å². The molecule has 1 aromatic heterocycles. The zero-order valence-electron chi connectivity index (χ0n) is 9.02. The fourth-order valence-corrected chi connectivity index (χ4v) is 1.18. The Labute approximate surface area is 90.3 Å². The van der Waals surface area contributed by atoms with E-state index in [9.17, 15) is 5.11 Å². The highest BCUT2D eigenvalue weighted by Gasteiger charge is 2.02. The van der Waals surface area contributed by atoms with Crippen LogP contribution in [0.4, 0.5) is 0 Å². The molecule has 1 aromatic rings. The standard InChI is InChI=1S/C11H18N2O2/c1-2-15-9-11(14)8-12-7-10-5-3-4-6-13-10/h3-6,11-12,14H,2,7-9H2,1H3. The number of hydrogen-bond acceptors (Lipinski definition) is 4. The van der Waals surface area contributed by atoms with Gasteiger partial charge in [0.05, 0.1) is 18.4 Å². The van der Waals surface area contributed by atoms with Crippen LogP contribution in [0.1, 0.15) is 12.6 Å². The van der Waals surface area contributed by atoms with Crippen molar-refractivity contribution in [3.8, 4) is 0 Å². The maximum absolute atomic E-state index is 9.45. The van der Waals surface area contributed by atoms with Crippen LogP contribution in [0.3, 0.4) is 0 Å². The molecule has 0 fully saturated rings. The molecule has 0 aromatic carbocycles. The molecule has 2 N–H and O–H groups in total. The molecule has 4 heteroatoms. The van der Waals surface area contributed by atoms with E-state index in [-0.39, 0.29) is 0 Å². The van der Waals surface area contributed by atoms with E-state index < -0.39 is 6.10 Å². The Morgan fingerprint density at radius 3 is 3.07 bits per heavy atom. The normalized spacial score (nSPS) is 12.7. The van der Waals surface area contributed by atoms with Crippen molar-refractivity contribution < 1.29 is 9.84 Å². The molecule has 0 aliphatic heterocycles. The molecule has 0 amide bonds. The highest BCUT2D eigenvalue weighted by Crippen LogP contribution is 1.92. The van der Waals surface area contributed by atoms with E-state index in [1.807, 2.05) is 25.1 Å². The van der Waals surface area contributed by atoms with Crippen molar-refractivity contribution in [3.05, 3.63) is 30.1 Å². The first-order valence-corrected chi connectivity index (χ1v) is 5.19. The largest absolute Gasteiger partial charge is 0.389 e. The van der Waals surface area contributed by atoms with Gasteiger partial charge in [0.15, 0.2) is 0 Å². The smallest absolute Gasteiger partial charge is 0.0897 e. The first kappa shape index (κ1) is 12.1. The predicted molar refractivity (Wildman–Crippen MR) is 58.4 cm³/mol. The van der Waals surface area contributed by atoms with Crippen LogP contribution in [0.15, 0.2) is 24.4 Å². The predicted octanol–water partition coefficient (Wildman–Crippen LogP) is 0.569. The second-order valence-corrected chi connectivity index (χ2v) is 3.27. The summed E-state index contributed by atoms with van der Waals surface area (Å²) in [4.78, 5) is 4.16. The molecule has 1 heterocycles. The number of nitrogens with one attached hydrogen (secondary N) is 1. The number of aliphatic hydroxyl groups excluding tert-OH is 1. The molecule has 0 saturated carbocycles. The van der Waals surface area contributed by atoms with Gasteiger partial charge in [-0.1, -0.05) is 6.07 Å². The molecular weight excluding hydrogens is 192 g/mol. The summed E-state index contributed by atoms with van der Waals surface area (Å²) in [7, 11) is 0. The summed E-state index contributed by atoms with van der Waals surface area (Å²) >= 11 is 0. The zero-order chi connectivity index (χ0) is 10.9. The number of ether oxygens (including phenoxy) is 1. The highest BCUT2D eigenvalue weighted by atomic mass is 16.5. The maximum Gasteiger partial charge on any atom is 0.0897 e. The van der Waals surface area contributed by atoms with E-state index in [0.717, 1.165) is 5.69 Å². The molecule has 84 valence electrons. The summed E-state index contributed by atoms with van der Waals surface area (Å²) in [5.74, 6) is 0. The minimum atomic E-state index is -0.450. The van der Waals surface area contributed by atoms with Gasteiger partial charge in [0, 0.05) is 25.9 Å². The average Bonchev–Trinajstić information content (AvgIpc) is 2.28. The molecule has 1 rings (SSSR count). The van der Waals surface area contributed by atoms with Crippen LogP contribution in [-0.4, -0.2) is 36.0 Å². The van der Waals surface area contributed by atoms with Crippen LogP contribution in [0.25, 0.3) is 0 Å². The van der Waals surface area contributed by atoms with E-state index in [0.29, 0.717) is 26.3 Å². The average molecular weight is 210 g/mol. The minimum absolute atomic E-state index is 0.381. The van der Waals surface area contributed by atoms with Crippen molar-refractivity contribution in [2.45, 2.75) is 19.6 Å². The molecule has 0 radical (unpaired) electrons. The summed E-state index contributed by atoms with van der Waals surface area (Å²) < 4.78 is 5.09. The Morgan fingerprint density at radius 1 is 1.53 bits per heavy atom. The number of nitrogens with zero attached hydrogens (tertiary/aromatic N) is 1. The van der Waals surface area contributed by atoms with Crippen LogP contribution in [-0.2, 0) is 11.3 Å². The topological polar surface area (TPSA) is 54.4 Å². The number of rotatable bonds is 7. The van der Waals surface area contributed by atoms with Crippen LogP contribution in [0, 0.1) is 0 Å². The lowest BCUT2D eigenvalue weighted by Gasteiger charge is -2.11. The van der Waals surface area contributed by atoms with Crippen molar-refractivity contribution in [3.63, 3.8) is 0 Å². The summed E-state index contributed by atoms with van der Waals surface area (Å²) in [6.07, 6.45) is 1.31. The zero-order valence-corrected chi connectivity index (χ0v) is 9.02.